The van der Waals surface area contributed by atoms with E-state index in [1.54, 1.807) is 0 Å². The Morgan fingerprint density at radius 1 is 1.15 bits per heavy atom. The molecule has 0 radical (unpaired) electrons. The Morgan fingerprint density at radius 3 is 2.89 bits per heavy atom. The minimum atomic E-state index is 0.604. The third-order valence-electron chi connectivity index (χ3n) is 6.24. The van der Waals surface area contributed by atoms with Gasteiger partial charge in [-0.25, -0.2) is 0 Å². The molecular formula is C21H34N4O2. The van der Waals surface area contributed by atoms with Gasteiger partial charge in [-0.3, -0.25) is 20.7 Å². The van der Waals surface area contributed by atoms with Crippen LogP contribution in [0.25, 0.3) is 0 Å². The number of ether oxygens (including phenoxy) is 2. The second kappa shape index (κ2) is 9.34. The Balaban J connectivity index is 1.26. The molecule has 3 aliphatic heterocycles. The van der Waals surface area contributed by atoms with Gasteiger partial charge in [-0.2, -0.15) is 0 Å². The maximum absolute atomic E-state index is 6.02. The van der Waals surface area contributed by atoms with Crippen LogP contribution in [0.1, 0.15) is 25.3 Å². The Kier molecular flexibility index (Phi) is 6.63. The number of rotatable bonds is 7. The molecule has 0 bridgehead atoms. The summed E-state index contributed by atoms with van der Waals surface area (Å²) in [7, 11) is 0. The van der Waals surface area contributed by atoms with Gasteiger partial charge in [0.25, 0.3) is 0 Å². The van der Waals surface area contributed by atoms with Crippen LogP contribution in [0.15, 0.2) is 24.3 Å². The summed E-state index contributed by atoms with van der Waals surface area (Å²) in [6, 6.07) is 9.89. The first-order chi connectivity index (χ1) is 13.3. The molecule has 1 aromatic rings. The fourth-order valence-corrected chi connectivity index (χ4v) is 4.62. The molecule has 0 aliphatic carbocycles. The van der Waals surface area contributed by atoms with Crippen LogP contribution in [-0.4, -0.2) is 74.4 Å². The van der Waals surface area contributed by atoms with Gasteiger partial charge in [0.2, 0.25) is 0 Å². The Hall–Kier alpha value is -1.18. The van der Waals surface area contributed by atoms with Crippen molar-refractivity contribution in [3.05, 3.63) is 29.8 Å². The molecular weight excluding hydrogens is 340 g/mol. The van der Waals surface area contributed by atoms with Crippen molar-refractivity contribution in [2.24, 2.45) is 5.92 Å². The van der Waals surface area contributed by atoms with Gasteiger partial charge in [0.05, 0.1) is 13.2 Å². The van der Waals surface area contributed by atoms with Gasteiger partial charge < -0.3 is 9.47 Å². The first-order valence-electron chi connectivity index (χ1n) is 10.6. The van der Waals surface area contributed by atoms with Crippen LogP contribution in [-0.2, 0) is 11.3 Å². The molecule has 150 valence electrons. The lowest BCUT2D eigenvalue weighted by molar-refractivity contribution is 0.0322. The quantitative estimate of drug-likeness (QED) is 0.754. The van der Waals surface area contributed by atoms with Crippen molar-refractivity contribution in [3.8, 4) is 5.75 Å². The summed E-state index contributed by atoms with van der Waals surface area (Å²) < 4.78 is 11.4. The van der Waals surface area contributed by atoms with Crippen molar-refractivity contribution in [1.82, 2.24) is 20.7 Å². The molecule has 4 rings (SSSR count). The van der Waals surface area contributed by atoms with E-state index in [-0.39, 0.29) is 0 Å². The lowest BCUT2D eigenvalue weighted by atomic mass is 9.87. The van der Waals surface area contributed by atoms with E-state index >= 15 is 0 Å². The number of fused-ring (bicyclic) bond motifs is 1. The van der Waals surface area contributed by atoms with Crippen LogP contribution in [0.2, 0.25) is 0 Å². The number of morpholine rings is 1. The van der Waals surface area contributed by atoms with E-state index in [0.29, 0.717) is 12.1 Å². The summed E-state index contributed by atoms with van der Waals surface area (Å²) in [6.07, 6.45) is 2.42. The van der Waals surface area contributed by atoms with Gasteiger partial charge in [-0.05, 0) is 30.5 Å². The molecule has 3 heterocycles. The Labute approximate surface area is 163 Å². The largest absolute Gasteiger partial charge is 0.492 e. The van der Waals surface area contributed by atoms with Crippen molar-refractivity contribution < 1.29 is 9.47 Å². The monoisotopic (exact) mass is 374 g/mol. The van der Waals surface area contributed by atoms with Crippen molar-refractivity contribution in [2.45, 2.75) is 38.4 Å². The highest BCUT2D eigenvalue weighted by Crippen LogP contribution is 2.27. The topological polar surface area (TPSA) is 49.0 Å². The average Bonchev–Trinajstić information content (AvgIpc) is 3.11. The molecule has 3 atom stereocenters. The number of piperidine rings is 1. The third-order valence-corrected chi connectivity index (χ3v) is 6.24. The molecule has 1 aromatic carbocycles. The molecule has 0 amide bonds. The van der Waals surface area contributed by atoms with Crippen LogP contribution in [0.4, 0.5) is 0 Å². The van der Waals surface area contributed by atoms with Crippen molar-refractivity contribution in [1.29, 1.82) is 0 Å². The van der Waals surface area contributed by atoms with Gasteiger partial charge >= 0.3 is 0 Å². The fraction of sp³-hybridized carbons (Fsp3) is 0.714. The van der Waals surface area contributed by atoms with Gasteiger partial charge in [0.15, 0.2) is 0 Å². The smallest absolute Gasteiger partial charge is 0.119 e. The first-order valence-corrected chi connectivity index (χ1v) is 10.6. The second-order valence-electron chi connectivity index (χ2n) is 8.05. The van der Waals surface area contributed by atoms with Gasteiger partial charge in [-0.15, -0.1) is 0 Å². The number of benzene rings is 1. The van der Waals surface area contributed by atoms with Crippen molar-refractivity contribution >= 4 is 0 Å². The molecule has 6 heteroatoms. The summed E-state index contributed by atoms with van der Waals surface area (Å²) in [4.78, 5) is 5.01. The van der Waals surface area contributed by atoms with Crippen LogP contribution >= 0.6 is 0 Å². The summed E-state index contributed by atoms with van der Waals surface area (Å²) in [5, 5.41) is 0. The van der Waals surface area contributed by atoms with E-state index < -0.39 is 0 Å². The van der Waals surface area contributed by atoms with E-state index in [4.69, 9.17) is 9.47 Å². The molecule has 0 saturated carbocycles. The minimum Gasteiger partial charge on any atom is -0.492 e. The summed E-state index contributed by atoms with van der Waals surface area (Å²) in [5.74, 6) is 1.71. The average molecular weight is 375 g/mol. The lowest BCUT2D eigenvalue weighted by Gasteiger charge is -2.36. The highest BCUT2D eigenvalue weighted by atomic mass is 16.5. The molecule has 6 nitrogen and oxygen atoms in total. The second-order valence-corrected chi connectivity index (χ2v) is 8.05. The standard InChI is InChI=1S/C21H34N4O2/c1-2-20-19-16-25(7-6-21(19)23-22-20)15-17-4-3-5-18(14-17)27-13-10-24-8-11-26-12-9-24/h3-5,14,19-23H,2,6-13,15-16H2,1H3. The van der Waals surface area contributed by atoms with Gasteiger partial charge in [0.1, 0.15) is 12.4 Å². The highest BCUT2D eigenvalue weighted by molar-refractivity contribution is 5.28. The predicted octanol–water partition coefficient (Wildman–Crippen LogP) is 1.47. The molecule has 2 N–H and O–H groups in total. The van der Waals surface area contributed by atoms with Crippen LogP contribution < -0.4 is 15.6 Å². The highest BCUT2D eigenvalue weighted by Gasteiger charge is 2.38. The summed E-state index contributed by atoms with van der Waals surface area (Å²) >= 11 is 0. The fourth-order valence-electron chi connectivity index (χ4n) is 4.62. The predicted molar refractivity (Wildman–Crippen MR) is 107 cm³/mol. The number of hydrogen-bond acceptors (Lipinski definition) is 6. The number of hydrazine groups is 1. The molecule has 27 heavy (non-hydrogen) atoms. The van der Waals surface area contributed by atoms with Crippen LogP contribution in [0, 0.1) is 5.92 Å². The maximum atomic E-state index is 6.02. The van der Waals surface area contributed by atoms with E-state index in [9.17, 15) is 0 Å². The maximum Gasteiger partial charge on any atom is 0.119 e. The zero-order valence-corrected chi connectivity index (χ0v) is 16.5. The van der Waals surface area contributed by atoms with Crippen LogP contribution in [0.3, 0.4) is 0 Å². The molecule has 3 saturated heterocycles. The minimum absolute atomic E-state index is 0.604. The molecule has 0 aromatic heterocycles. The Bertz CT molecular complexity index is 587. The Morgan fingerprint density at radius 2 is 2.04 bits per heavy atom. The van der Waals surface area contributed by atoms with Crippen molar-refractivity contribution in [3.63, 3.8) is 0 Å². The van der Waals surface area contributed by atoms with E-state index in [0.717, 1.165) is 64.2 Å². The molecule has 3 aliphatic rings. The number of nitrogens with one attached hydrogen (secondary N) is 2. The number of hydrogen-bond donors (Lipinski definition) is 2. The van der Waals surface area contributed by atoms with Crippen LogP contribution in [0.5, 0.6) is 5.75 Å². The molecule has 3 unspecified atom stereocenters. The van der Waals surface area contributed by atoms with Gasteiger partial charge in [-0.1, -0.05) is 19.1 Å². The van der Waals surface area contributed by atoms with E-state index in [1.807, 2.05) is 0 Å². The van der Waals surface area contributed by atoms with E-state index in [1.165, 1.54) is 24.9 Å². The normalized spacial score (nSPS) is 29.6. The molecule has 3 fully saturated rings. The summed E-state index contributed by atoms with van der Waals surface area (Å²) in [5.41, 5.74) is 8.33. The first kappa shape index (κ1) is 19.2. The van der Waals surface area contributed by atoms with Gasteiger partial charge in [0, 0.05) is 57.3 Å². The SMILES string of the molecule is CCC1NNC2CCN(Cc3cccc(OCCN4CCOCC4)c3)CC12. The zero-order chi connectivity index (χ0) is 18.5. The zero-order valence-electron chi connectivity index (χ0n) is 16.5. The molecule has 0 spiro atoms. The lowest BCUT2D eigenvalue weighted by Crippen LogP contribution is -2.45. The summed E-state index contributed by atoms with van der Waals surface area (Å²) in [6.45, 7) is 11.1. The number of likely N-dealkylation sites (tertiary alicyclic amines) is 1. The van der Waals surface area contributed by atoms with E-state index in [2.05, 4.69) is 51.8 Å². The third kappa shape index (κ3) is 5.00. The van der Waals surface area contributed by atoms with Crippen molar-refractivity contribution in [2.75, 3.05) is 52.5 Å². The number of nitrogens with zero attached hydrogens (tertiary/aromatic N) is 2.